The minimum absolute atomic E-state index is 0.307. The second kappa shape index (κ2) is 6.29. The largest absolute Gasteiger partial charge is 0.480 e. The Kier molecular flexibility index (Phi) is 6.15. The SMILES string of the molecule is O=C(O)C(S)(CC(O)CO)CC(O)CO. The van der Waals surface area contributed by atoms with E-state index >= 15 is 0 Å². The first-order valence-electron chi connectivity index (χ1n) is 4.39. The van der Waals surface area contributed by atoms with Crippen LogP contribution in [0.5, 0.6) is 0 Å². The molecular weight excluding hydrogens is 224 g/mol. The smallest absolute Gasteiger partial charge is 0.319 e. The predicted molar refractivity (Wildman–Crippen MR) is 54.8 cm³/mol. The van der Waals surface area contributed by atoms with Crippen molar-refractivity contribution >= 4 is 18.6 Å². The maximum atomic E-state index is 10.9. The van der Waals surface area contributed by atoms with Crippen molar-refractivity contribution in [3.8, 4) is 0 Å². The van der Waals surface area contributed by atoms with Crippen LogP contribution < -0.4 is 0 Å². The van der Waals surface area contributed by atoms with Crippen LogP contribution in [-0.2, 0) is 4.79 Å². The zero-order valence-electron chi connectivity index (χ0n) is 8.07. The molecule has 0 aromatic heterocycles. The number of carboxylic acid groups (broad SMARTS) is 1. The number of carboxylic acids is 1. The number of aliphatic hydroxyl groups is 4. The summed E-state index contributed by atoms with van der Waals surface area (Å²) in [4.78, 5) is 10.9. The number of hydrogen-bond acceptors (Lipinski definition) is 6. The van der Waals surface area contributed by atoms with E-state index in [1.165, 1.54) is 0 Å². The molecule has 2 atom stereocenters. The van der Waals surface area contributed by atoms with E-state index in [0.29, 0.717) is 0 Å². The van der Waals surface area contributed by atoms with Gasteiger partial charge in [-0.3, -0.25) is 4.79 Å². The molecule has 0 aliphatic heterocycles. The van der Waals surface area contributed by atoms with Crippen molar-refractivity contribution in [1.82, 2.24) is 0 Å². The van der Waals surface area contributed by atoms with E-state index in [1.807, 2.05) is 0 Å². The van der Waals surface area contributed by atoms with Crippen LogP contribution in [0.2, 0.25) is 0 Å². The predicted octanol–water partition coefficient (Wildman–Crippen LogP) is -1.77. The summed E-state index contributed by atoms with van der Waals surface area (Å²) < 4.78 is -1.66. The summed E-state index contributed by atoms with van der Waals surface area (Å²) in [6.07, 6.45) is -3.05. The Bertz CT molecular complexity index is 197. The molecule has 0 bridgehead atoms. The summed E-state index contributed by atoms with van der Waals surface area (Å²) in [5, 5.41) is 44.3. The minimum atomic E-state index is -1.66. The summed E-state index contributed by atoms with van der Waals surface area (Å²) in [5.74, 6) is -1.31. The Hall–Kier alpha value is -0.340. The van der Waals surface area contributed by atoms with Gasteiger partial charge in [-0.15, -0.1) is 0 Å². The molecule has 0 saturated carbocycles. The molecule has 7 heteroatoms. The first kappa shape index (κ1) is 14.7. The summed E-state index contributed by atoms with van der Waals surface area (Å²) in [6.45, 7) is -1.16. The van der Waals surface area contributed by atoms with Crippen molar-refractivity contribution in [2.24, 2.45) is 0 Å². The first-order chi connectivity index (χ1) is 6.85. The van der Waals surface area contributed by atoms with Crippen LogP contribution in [0.3, 0.4) is 0 Å². The monoisotopic (exact) mass is 240 g/mol. The van der Waals surface area contributed by atoms with Gasteiger partial charge in [0.1, 0.15) is 4.75 Å². The highest BCUT2D eigenvalue weighted by Crippen LogP contribution is 2.27. The van der Waals surface area contributed by atoms with Crippen molar-refractivity contribution in [3.63, 3.8) is 0 Å². The van der Waals surface area contributed by atoms with E-state index in [9.17, 15) is 4.79 Å². The van der Waals surface area contributed by atoms with E-state index in [0.717, 1.165) is 0 Å². The van der Waals surface area contributed by atoms with Crippen LogP contribution in [-0.4, -0.2) is 61.7 Å². The second-order valence-corrected chi connectivity index (χ2v) is 4.27. The summed E-state index contributed by atoms with van der Waals surface area (Å²) >= 11 is 3.86. The molecule has 0 fully saturated rings. The lowest BCUT2D eigenvalue weighted by molar-refractivity contribution is -0.142. The lowest BCUT2D eigenvalue weighted by atomic mass is 9.94. The van der Waals surface area contributed by atoms with Crippen LogP contribution in [0.1, 0.15) is 12.8 Å². The molecule has 0 rings (SSSR count). The van der Waals surface area contributed by atoms with E-state index in [2.05, 4.69) is 12.6 Å². The van der Waals surface area contributed by atoms with Crippen molar-refractivity contribution in [2.45, 2.75) is 29.8 Å². The van der Waals surface area contributed by atoms with Gasteiger partial charge < -0.3 is 25.5 Å². The van der Waals surface area contributed by atoms with Gasteiger partial charge in [-0.05, 0) is 0 Å². The van der Waals surface area contributed by atoms with Crippen LogP contribution in [0.4, 0.5) is 0 Å². The molecular formula is C8H16O6S. The zero-order chi connectivity index (χ0) is 12.1. The van der Waals surface area contributed by atoms with E-state index < -0.39 is 36.1 Å². The van der Waals surface area contributed by atoms with E-state index in [1.54, 1.807) is 0 Å². The number of thiol groups is 1. The lowest BCUT2D eigenvalue weighted by Gasteiger charge is -2.27. The van der Waals surface area contributed by atoms with Crippen molar-refractivity contribution in [1.29, 1.82) is 0 Å². The van der Waals surface area contributed by atoms with Crippen LogP contribution in [0, 0.1) is 0 Å². The molecule has 15 heavy (non-hydrogen) atoms. The molecule has 0 aromatic carbocycles. The highest BCUT2D eigenvalue weighted by Gasteiger charge is 2.38. The summed E-state index contributed by atoms with van der Waals surface area (Å²) in [7, 11) is 0. The Morgan fingerprint density at radius 1 is 1.13 bits per heavy atom. The fraction of sp³-hybridized carbons (Fsp3) is 0.875. The normalized spacial score (nSPS) is 19.3. The molecule has 0 amide bonds. The van der Waals surface area contributed by atoms with Gasteiger partial charge in [-0.2, -0.15) is 12.6 Å². The van der Waals surface area contributed by atoms with Gasteiger partial charge >= 0.3 is 5.97 Å². The minimum Gasteiger partial charge on any atom is -0.480 e. The van der Waals surface area contributed by atoms with Gasteiger partial charge in [-0.1, -0.05) is 0 Å². The molecule has 2 unspecified atom stereocenters. The van der Waals surface area contributed by atoms with E-state index in [4.69, 9.17) is 25.5 Å². The maximum absolute atomic E-state index is 10.9. The molecule has 0 aliphatic carbocycles. The zero-order valence-corrected chi connectivity index (χ0v) is 8.97. The van der Waals surface area contributed by atoms with Gasteiger partial charge in [-0.25, -0.2) is 0 Å². The van der Waals surface area contributed by atoms with Crippen molar-refractivity contribution < 1.29 is 30.3 Å². The molecule has 0 aliphatic rings. The van der Waals surface area contributed by atoms with Gasteiger partial charge in [0.2, 0.25) is 0 Å². The third-order valence-electron chi connectivity index (χ3n) is 1.97. The van der Waals surface area contributed by atoms with Gasteiger partial charge in [0.15, 0.2) is 0 Å². The van der Waals surface area contributed by atoms with Gasteiger partial charge in [0.25, 0.3) is 0 Å². The molecule has 0 saturated heterocycles. The number of aliphatic hydroxyl groups excluding tert-OH is 4. The lowest BCUT2D eigenvalue weighted by Crippen LogP contribution is -2.41. The number of carbonyl (C=O) groups is 1. The Morgan fingerprint density at radius 2 is 1.47 bits per heavy atom. The third kappa shape index (κ3) is 4.80. The topological polar surface area (TPSA) is 118 Å². The van der Waals surface area contributed by atoms with Crippen molar-refractivity contribution in [3.05, 3.63) is 0 Å². The Balaban J connectivity index is 4.52. The fourth-order valence-electron chi connectivity index (χ4n) is 1.17. The Labute approximate surface area is 92.6 Å². The summed E-state index contributed by atoms with van der Waals surface area (Å²) in [6, 6.07) is 0. The first-order valence-corrected chi connectivity index (χ1v) is 4.84. The van der Waals surface area contributed by atoms with E-state index in [-0.39, 0.29) is 12.8 Å². The van der Waals surface area contributed by atoms with Gasteiger partial charge in [0, 0.05) is 12.8 Å². The summed E-state index contributed by atoms with van der Waals surface area (Å²) in [5.41, 5.74) is 0. The standard InChI is InChI=1S/C8H16O6S/c9-3-5(11)1-8(15,7(13)14)2-6(12)4-10/h5-6,9-12,15H,1-4H2,(H,13,14). The third-order valence-corrected chi connectivity index (χ3v) is 2.52. The molecule has 90 valence electrons. The number of aliphatic carboxylic acids is 1. The molecule has 0 heterocycles. The van der Waals surface area contributed by atoms with Gasteiger partial charge in [0.05, 0.1) is 25.4 Å². The number of hydrogen-bond donors (Lipinski definition) is 6. The average molecular weight is 240 g/mol. The number of rotatable bonds is 7. The second-order valence-electron chi connectivity index (χ2n) is 3.42. The molecule has 0 aromatic rings. The average Bonchev–Trinajstić information content (AvgIpc) is 2.16. The van der Waals surface area contributed by atoms with Crippen LogP contribution in [0.25, 0.3) is 0 Å². The molecule has 0 radical (unpaired) electrons. The Morgan fingerprint density at radius 3 is 1.67 bits per heavy atom. The molecule has 0 spiro atoms. The van der Waals surface area contributed by atoms with Crippen LogP contribution in [0.15, 0.2) is 0 Å². The highest BCUT2D eigenvalue weighted by atomic mass is 32.1. The molecule has 6 nitrogen and oxygen atoms in total. The quantitative estimate of drug-likeness (QED) is 0.293. The van der Waals surface area contributed by atoms with Crippen LogP contribution >= 0.6 is 12.6 Å². The fourth-order valence-corrected chi connectivity index (χ4v) is 1.59. The molecule has 5 N–H and O–H groups in total. The highest BCUT2D eigenvalue weighted by molar-refractivity contribution is 7.82. The van der Waals surface area contributed by atoms with Crippen molar-refractivity contribution in [2.75, 3.05) is 13.2 Å². The maximum Gasteiger partial charge on any atom is 0.319 e.